The first-order valence-electron chi connectivity index (χ1n) is 8.93. The molecule has 26 heavy (non-hydrogen) atoms. The molecule has 0 aliphatic carbocycles. The number of carbonyl (C=O) groups is 1. The van der Waals surface area contributed by atoms with Crippen molar-refractivity contribution in [1.29, 1.82) is 0 Å². The molecule has 0 fully saturated rings. The van der Waals surface area contributed by atoms with Crippen molar-refractivity contribution >= 4 is 17.7 Å². The van der Waals surface area contributed by atoms with Crippen molar-refractivity contribution in [2.75, 3.05) is 0 Å². The minimum atomic E-state index is 0.0677. The van der Waals surface area contributed by atoms with Crippen molar-refractivity contribution in [2.45, 2.75) is 34.1 Å². The fraction of sp³-hybridized carbons (Fsp3) is 0.217. The summed E-state index contributed by atoms with van der Waals surface area (Å²) in [6.07, 6.45) is 2.94. The molecule has 0 radical (unpaired) electrons. The molecular formula is C23H24N2O. The number of ketones is 1. The van der Waals surface area contributed by atoms with E-state index < -0.39 is 0 Å². The Hall–Kier alpha value is -2.94. The van der Waals surface area contributed by atoms with E-state index in [9.17, 15) is 4.79 Å². The van der Waals surface area contributed by atoms with Gasteiger partial charge in [0.15, 0.2) is 5.78 Å². The molecule has 0 saturated carbocycles. The molecule has 3 nitrogen and oxygen atoms in total. The predicted molar refractivity (Wildman–Crippen MR) is 108 cm³/mol. The van der Waals surface area contributed by atoms with Crippen LogP contribution in [0.4, 0.5) is 5.69 Å². The summed E-state index contributed by atoms with van der Waals surface area (Å²) in [7, 11) is 0. The molecule has 3 heteroatoms. The van der Waals surface area contributed by atoms with Gasteiger partial charge in [-0.25, -0.2) is 0 Å². The molecule has 0 saturated heterocycles. The van der Waals surface area contributed by atoms with Gasteiger partial charge >= 0.3 is 0 Å². The third-order valence-corrected chi connectivity index (χ3v) is 4.70. The van der Waals surface area contributed by atoms with Gasteiger partial charge in [-0.15, -0.1) is 0 Å². The Morgan fingerprint density at radius 2 is 1.69 bits per heavy atom. The highest BCUT2D eigenvalue weighted by atomic mass is 16.1. The Balaban J connectivity index is 1.88. The van der Waals surface area contributed by atoms with E-state index in [4.69, 9.17) is 0 Å². The van der Waals surface area contributed by atoms with E-state index >= 15 is 0 Å². The van der Waals surface area contributed by atoms with E-state index in [0.717, 1.165) is 23.4 Å². The molecule has 1 aromatic heterocycles. The van der Waals surface area contributed by atoms with Gasteiger partial charge in [-0.3, -0.25) is 9.79 Å². The number of hydrogen-bond donors (Lipinski definition) is 0. The zero-order chi connectivity index (χ0) is 18.7. The van der Waals surface area contributed by atoms with Gasteiger partial charge in [0.1, 0.15) is 0 Å². The van der Waals surface area contributed by atoms with Crippen molar-refractivity contribution in [3.8, 4) is 5.69 Å². The van der Waals surface area contributed by atoms with Crippen LogP contribution in [0.25, 0.3) is 5.69 Å². The van der Waals surface area contributed by atoms with Gasteiger partial charge in [0.2, 0.25) is 0 Å². The third-order valence-electron chi connectivity index (χ3n) is 4.70. The number of aryl methyl sites for hydroxylation is 2. The number of Topliss-reactive ketones (excluding diaryl/α,β-unsaturated/α-hetero) is 1. The SMILES string of the molecule is CCc1ccc(-n2c(C)cc(C=Nc3ccc(C(C)=O)cc3)c2C)cc1. The Labute approximate surface area is 155 Å². The summed E-state index contributed by atoms with van der Waals surface area (Å²) in [5, 5.41) is 0. The molecule has 0 spiro atoms. The lowest BCUT2D eigenvalue weighted by Crippen LogP contribution is -1.99. The van der Waals surface area contributed by atoms with Crippen LogP contribution in [-0.2, 0) is 6.42 Å². The molecular weight excluding hydrogens is 320 g/mol. The highest BCUT2D eigenvalue weighted by Gasteiger charge is 2.09. The van der Waals surface area contributed by atoms with E-state index in [1.165, 1.54) is 16.9 Å². The number of aromatic nitrogens is 1. The van der Waals surface area contributed by atoms with Crippen LogP contribution in [0.1, 0.15) is 46.7 Å². The number of nitrogens with zero attached hydrogens (tertiary/aromatic N) is 2. The Kier molecular flexibility index (Phi) is 5.17. The molecule has 0 N–H and O–H groups in total. The quantitative estimate of drug-likeness (QED) is 0.437. The zero-order valence-corrected chi connectivity index (χ0v) is 15.8. The second kappa shape index (κ2) is 7.52. The molecule has 0 aliphatic rings. The highest BCUT2D eigenvalue weighted by Crippen LogP contribution is 2.21. The summed E-state index contributed by atoms with van der Waals surface area (Å²) in [6, 6.07) is 18.2. The van der Waals surface area contributed by atoms with E-state index in [0.29, 0.717) is 5.56 Å². The normalized spacial score (nSPS) is 11.2. The number of aliphatic imine (C=N–C) groups is 1. The molecule has 0 aliphatic heterocycles. The number of benzene rings is 2. The molecule has 0 unspecified atom stereocenters. The summed E-state index contributed by atoms with van der Waals surface area (Å²) in [4.78, 5) is 15.9. The van der Waals surface area contributed by atoms with Gasteiger partial charge in [-0.2, -0.15) is 0 Å². The molecule has 0 bridgehead atoms. The maximum atomic E-state index is 11.4. The number of rotatable bonds is 5. The molecule has 3 rings (SSSR count). The molecule has 132 valence electrons. The fourth-order valence-corrected chi connectivity index (χ4v) is 3.12. The molecule has 2 aromatic carbocycles. The van der Waals surface area contributed by atoms with Crippen molar-refractivity contribution in [1.82, 2.24) is 4.57 Å². The monoisotopic (exact) mass is 344 g/mol. The third kappa shape index (κ3) is 3.67. The van der Waals surface area contributed by atoms with E-state index in [1.807, 2.05) is 30.5 Å². The number of hydrogen-bond acceptors (Lipinski definition) is 2. The highest BCUT2D eigenvalue weighted by molar-refractivity contribution is 5.94. The van der Waals surface area contributed by atoms with Gasteiger partial charge < -0.3 is 4.57 Å². The van der Waals surface area contributed by atoms with Gasteiger partial charge in [0.25, 0.3) is 0 Å². The maximum Gasteiger partial charge on any atom is 0.159 e. The van der Waals surface area contributed by atoms with Crippen molar-refractivity contribution in [3.63, 3.8) is 0 Å². The van der Waals surface area contributed by atoms with Gasteiger partial charge in [-0.1, -0.05) is 19.1 Å². The van der Waals surface area contributed by atoms with Crippen LogP contribution in [0.2, 0.25) is 0 Å². The van der Waals surface area contributed by atoms with Crippen LogP contribution < -0.4 is 0 Å². The van der Waals surface area contributed by atoms with Gasteiger partial charge in [-0.05, 0) is 75.2 Å². The lowest BCUT2D eigenvalue weighted by molar-refractivity contribution is 0.101. The fourth-order valence-electron chi connectivity index (χ4n) is 3.12. The summed E-state index contributed by atoms with van der Waals surface area (Å²) in [5.74, 6) is 0.0677. The largest absolute Gasteiger partial charge is 0.318 e. The van der Waals surface area contributed by atoms with E-state index in [2.05, 4.69) is 60.7 Å². The van der Waals surface area contributed by atoms with Crippen LogP contribution in [0.3, 0.4) is 0 Å². The second-order valence-electron chi connectivity index (χ2n) is 6.54. The maximum absolute atomic E-state index is 11.4. The zero-order valence-electron chi connectivity index (χ0n) is 15.8. The molecule has 3 aromatic rings. The first-order chi connectivity index (χ1) is 12.5. The molecule has 1 heterocycles. The summed E-state index contributed by atoms with van der Waals surface area (Å²) in [6.45, 7) is 7.96. The number of carbonyl (C=O) groups excluding carboxylic acids is 1. The molecule has 0 amide bonds. The van der Waals surface area contributed by atoms with Crippen molar-refractivity contribution < 1.29 is 4.79 Å². The first kappa shape index (κ1) is 17.9. The average molecular weight is 344 g/mol. The average Bonchev–Trinajstić information content (AvgIpc) is 2.94. The van der Waals surface area contributed by atoms with Gasteiger partial charge in [0, 0.05) is 34.4 Å². The topological polar surface area (TPSA) is 34.4 Å². The van der Waals surface area contributed by atoms with Gasteiger partial charge in [0.05, 0.1) is 5.69 Å². The predicted octanol–water partition coefficient (Wildman–Crippen LogP) is 5.61. The summed E-state index contributed by atoms with van der Waals surface area (Å²) < 4.78 is 2.25. The molecule has 0 atom stereocenters. The summed E-state index contributed by atoms with van der Waals surface area (Å²) >= 11 is 0. The standard InChI is InChI=1S/C23H24N2O/c1-5-19-6-12-23(13-7-19)25-16(2)14-21(17(25)3)15-24-22-10-8-20(9-11-22)18(4)26/h6-15H,5H2,1-4H3. The minimum absolute atomic E-state index is 0.0677. The van der Waals surface area contributed by atoms with Crippen LogP contribution in [-0.4, -0.2) is 16.6 Å². The van der Waals surface area contributed by atoms with Crippen LogP contribution in [0.5, 0.6) is 0 Å². The van der Waals surface area contributed by atoms with Crippen molar-refractivity contribution in [2.24, 2.45) is 4.99 Å². The minimum Gasteiger partial charge on any atom is -0.318 e. The Bertz CT molecular complexity index is 945. The van der Waals surface area contributed by atoms with Crippen molar-refractivity contribution in [3.05, 3.63) is 82.7 Å². The Morgan fingerprint density at radius 3 is 2.27 bits per heavy atom. The Morgan fingerprint density at radius 1 is 1.04 bits per heavy atom. The smallest absolute Gasteiger partial charge is 0.159 e. The van der Waals surface area contributed by atoms with Crippen LogP contribution in [0, 0.1) is 13.8 Å². The van der Waals surface area contributed by atoms with E-state index in [1.54, 1.807) is 6.92 Å². The van der Waals surface area contributed by atoms with Crippen LogP contribution >= 0.6 is 0 Å². The lowest BCUT2D eigenvalue weighted by Gasteiger charge is -2.10. The lowest BCUT2D eigenvalue weighted by atomic mass is 10.1. The first-order valence-corrected chi connectivity index (χ1v) is 8.93. The van der Waals surface area contributed by atoms with Crippen LogP contribution in [0.15, 0.2) is 59.6 Å². The second-order valence-corrected chi connectivity index (χ2v) is 6.54. The van der Waals surface area contributed by atoms with E-state index in [-0.39, 0.29) is 5.78 Å². The summed E-state index contributed by atoms with van der Waals surface area (Å²) in [5.41, 5.74) is 7.49.